The minimum atomic E-state index is 0.615. The lowest BCUT2D eigenvalue weighted by atomic mass is 10.2. The Balaban J connectivity index is 1.69. The summed E-state index contributed by atoms with van der Waals surface area (Å²) in [6.07, 6.45) is 1.15. The maximum Gasteiger partial charge on any atom is 0.0701 e. The van der Waals surface area contributed by atoms with Crippen molar-refractivity contribution in [2.45, 2.75) is 12.5 Å². The predicted molar refractivity (Wildman–Crippen MR) is 82.5 cm³/mol. The van der Waals surface area contributed by atoms with E-state index in [2.05, 4.69) is 57.3 Å². The molecule has 1 fully saturated rings. The number of nitrogens with one attached hydrogen (secondary N) is 1. The Morgan fingerprint density at radius 2 is 2.39 bits per heavy atom. The second-order valence-corrected chi connectivity index (χ2v) is 7.68. The van der Waals surface area contributed by atoms with Crippen molar-refractivity contribution in [2.24, 2.45) is 0 Å². The summed E-state index contributed by atoms with van der Waals surface area (Å²) in [5, 5.41) is 3.59. The Bertz CT molecular complexity index is 369. The molecule has 0 bridgehead atoms. The standard InChI is InChI=1S/C13H22BrN3S/c1-16(7-5-12-3-4-13(14)18-12)9-11-10-17(2)8-6-15-11/h3-4,11,15H,5-10H2,1-2H3. The molecule has 1 aliphatic rings. The third-order valence-electron chi connectivity index (χ3n) is 3.36. The molecule has 1 unspecified atom stereocenters. The molecule has 1 saturated heterocycles. The van der Waals surface area contributed by atoms with Crippen LogP contribution in [-0.2, 0) is 6.42 Å². The first-order chi connectivity index (χ1) is 8.63. The van der Waals surface area contributed by atoms with E-state index in [4.69, 9.17) is 0 Å². The van der Waals surface area contributed by atoms with Crippen molar-refractivity contribution in [1.29, 1.82) is 0 Å². The van der Waals surface area contributed by atoms with E-state index in [-0.39, 0.29) is 0 Å². The minimum Gasteiger partial charge on any atom is -0.310 e. The SMILES string of the molecule is CN1CCNC(CN(C)CCc2ccc(Br)s2)C1. The summed E-state index contributed by atoms with van der Waals surface area (Å²) >= 11 is 5.36. The van der Waals surface area contributed by atoms with Gasteiger partial charge in [0.15, 0.2) is 0 Å². The number of hydrogen-bond acceptors (Lipinski definition) is 4. The Morgan fingerprint density at radius 3 is 3.06 bits per heavy atom. The third-order valence-corrected chi connectivity index (χ3v) is 5.04. The van der Waals surface area contributed by atoms with Crippen LogP contribution in [0.15, 0.2) is 15.9 Å². The van der Waals surface area contributed by atoms with Gasteiger partial charge in [-0.2, -0.15) is 0 Å². The molecule has 3 nitrogen and oxygen atoms in total. The number of likely N-dealkylation sites (N-methyl/N-ethyl adjacent to an activating group) is 2. The fourth-order valence-corrected chi connectivity index (χ4v) is 3.84. The van der Waals surface area contributed by atoms with Gasteiger partial charge in [0, 0.05) is 43.6 Å². The molecule has 1 atom stereocenters. The lowest BCUT2D eigenvalue weighted by Gasteiger charge is -2.33. The molecule has 0 saturated carbocycles. The van der Waals surface area contributed by atoms with Gasteiger partial charge in [0.05, 0.1) is 3.79 Å². The second kappa shape index (κ2) is 7.01. The highest BCUT2D eigenvalue weighted by Crippen LogP contribution is 2.22. The van der Waals surface area contributed by atoms with Crippen LogP contribution >= 0.6 is 27.3 Å². The maximum atomic E-state index is 3.59. The van der Waals surface area contributed by atoms with Crippen LogP contribution in [0.3, 0.4) is 0 Å². The monoisotopic (exact) mass is 331 g/mol. The van der Waals surface area contributed by atoms with E-state index in [9.17, 15) is 0 Å². The summed E-state index contributed by atoms with van der Waals surface area (Å²) in [5.41, 5.74) is 0. The molecule has 1 aromatic heterocycles. The van der Waals surface area contributed by atoms with E-state index in [0.29, 0.717) is 6.04 Å². The smallest absolute Gasteiger partial charge is 0.0701 e. The number of hydrogen-bond donors (Lipinski definition) is 1. The van der Waals surface area contributed by atoms with Crippen molar-refractivity contribution in [3.63, 3.8) is 0 Å². The molecular formula is C13H22BrN3S. The van der Waals surface area contributed by atoms with Gasteiger partial charge in [-0.05, 0) is 48.6 Å². The lowest BCUT2D eigenvalue weighted by Crippen LogP contribution is -2.53. The van der Waals surface area contributed by atoms with E-state index in [1.807, 2.05) is 11.3 Å². The minimum absolute atomic E-state index is 0.615. The van der Waals surface area contributed by atoms with Gasteiger partial charge in [-0.1, -0.05) is 0 Å². The Labute approximate surface area is 122 Å². The zero-order chi connectivity index (χ0) is 13.0. The molecule has 0 spiro atoms. The summed E-state index contributed by atoms with van der Waals surface area (Å²) in [6.45, 7) is 5.72. The van der Waals surface area contributed by atoms with Gasteiger partial charge in [-0.15, -0.1) is 11.3 Å². The van der Waals surface area contributed by atoms with Crippen molar-refractivity contribution in [2.75, 3.05) is 46.8 Å². The van der Waals surface area contributed by atoms with Crippen LogP contribution in [0.5, 0.6) is 0 Å². The first-order valence-corrected chi connectivity index (χ1v) is 8.09. The summed E-state index contributed by atoms with van der Waals surface area (Å²) in [5.74, 6) is 0. The zero-order valence-corrected chi connectivity index (χ0v) is 13.6. The van der Waals surface area contributed by atoms with Crippen LogP contribution in [0.2, 0.25) is 0 Å². The normalized spacial score (nSPS) is 21.7. The average Bonchev–Trinajstić information content (AvgIpc) is 2.73. The topological polar surface area (TPSA) is 18.5 Å². The van der Waals surface area contributed by atoms with Gasteiger partial charge in [0.25, 0.3) is 0 Å². The van der Waals surface area contributed by atoms with Gasteiger partial charge < -0.3 is 15.1 Å². The molecule has 5 heteroatoms. The van der Waals surface area contributed by atoms with Crippen LogP contribution in [-0.4, -0.2) is 62.7 Å². The largest absolute Gasteiger partial charge is 0.310 e. The molecule has 0 amide bonds. The number of thiophene rings is 1. The molecule has 1 N–H and O–H groups in total. The molecular weight excluding hydrogens is 310 g/mol. The maximum absolute atomic E-state index is 3.59. The van der Waals surface area contributed by atoms with E-state index in [1.54, 1.807) is 0 Å². The van der Waals surface area contributed by atoms with Gasteiger partial charge in [0.2, 0.25) is 0 Å². The van der Waals surface area contributed by atoms with Crippen LogP contribution in [0.25, 0.3) is 0 Å². The van der Waals surface area contributed by atoms with Gasteiger partial charge in [0.1, 0.15) is 0 Å². The molecule has 2 heterocycles. The van der Waals surface area contributed by atoms with E-state index >= 15 is 0 Å². The number of halogens is 1. The fourth-order valence-electron chi connectivity index (χ4n) is 2.37. The Morgan fingerprint density at radius 1 is 1.56 bits per heavy atom. The molecule has 2 rings (SSSR count). The third kappa shape index (κ3) is 4.63. The summed E-state index contributed by atoms with van der Waals surface area (Å²) in [6, 6.07) is 4.97. The highest BCUT2D eigenvalue weighted by Gasteiger charge is 2.17. The van der Waals surface area contributed by atoms with Crippen molar-refractivity contribution < 1.29 is 0 Å². The van der Waals surface area contributed by atoms with Crippen molar-refractivity contribution >= 4 is 27.3 Å². The molecule has 1 aromatic rings. The number of nitrogens with zero attached hydrogens (tertiary/aromatic N) is 2. The van der Waals surface area contributed by atoms with E-state index in [1.165, 1.54) is 15.2 Å². The molecule has 0 aliphatic carbocycles. The van der Waals surface area contributed by atoms with Crippen molar-refractivity contribution in [3.8, 4) is 0 Å². The highest BCUT2D eigenvalue weighted by molar-refractivity contribution is 9.11. The van der Waals surface area contributed by atoms with Crippen LogP contribution in [0.4, 0.5) is 0 Å². The summed E-state index contributed by atoms with van der Waals surface area (Å²) in [7, 11) is 4.43. The summed E-state index contributed by atoms with van der Waals surface area (Å²) in [4.78, 5) is 6.30. The fraction of sp³-hybridized carbons (Fsp3) is 0.692. The highest BCUT2D eigenvalue weighted by atomic mass is 79.9. The summed E-state index contributed by atoms with van der Waals surface area (Å²) < 4.78 is 1.23. The van der Waals surface area contributed by atoms with Crippen LogP contribution in [0.1, 0.15) is 4.88 Å². The Kier molecular flexibility index (Phi) is 5.63. The quantitative estimate of drug-likeness (QED) is 0.888. The van der Waals surface area contributed by atoms with E-state index in [0.717, 1.165) is 32.6 Å². The number of piperazine rings is 1. The molecule has 18 heavy (non-hydrogen) atoms. The molecule has 0 aromatic carbocycles. The second-order valence-electron chi connectivity index (χ2n) is 5.13. The zero-order valence-electron chi connectivity index (χ0n) is 11.2. The number of rotatable bonds is 5. The van der Waals surface area contributed by atoms with E-state index < -0.39 is 0 Å². The molecule has 102 valence electrons. The van der Waals surface area contributed by atoms with Gasteiger partial charge in [-0.3, -0.25) is 0 Å². The van der Waals surface area contributed by atoms with Crippen LogP contribution < -0.4 is 5.32 Å². The molecule has 1 aliphatic heterocycles. The van der Waals surface area contributed by atoms with Gasteiger partial charge >= 0.3 is 0 Å². The van der Waals surface area contributed by atoms with Crippen LogP contribution in [0, 0.1) is 0 Å². The lowest BCUT2D eigenvalue weighted by molar-refractivity contribution is 0.196. The Hall–Kier alpha value is 0.0600. The molecule has 0 radical (unpaired) electrons. The van der Waals surface area contributed by atoms with Crippen molar-refractivity contribution in [1.82, 2.24) is 15.1 Å². The predicted octanol–water partition coefficient (Wildman–Crippen LogP) is 1.89. The first kappa shape index (κ1) is 14.5. The first-order valence-electron chi connectivity index (χ1n) is 6.48. The van der Waals surface area contributed by atoms with Crippen molar-refractivity contribution in [3.05, 3.63) is 20.8 Å². The van der Waals surface area contributed by atoms with Gasteiger partial charge in [-0.25, -0.2) is 0 Å². The average molecular weight is 332 g/mol.